The van der Waals surface area contributed by atoms with E-state index >= 15 is 0 Å². The number of carbonyl (C=O) groups excluding carboxylic acids is 1. The number of hydrogen-bond acceptors (Lipinski definition) is 4. The second-order valence-corrected chi connectivity index (χ2v) is 4.99. The minimum atomic E-state index is -0.309. The van der Waals surface area contributed by atoms with Gasteiger partial charge in [-0.1, -0.05) is 25.4 Å². The van der Waals surface area contributed by atoms with Crippen molar-refractivity contribution in [3.8, 4) is 6.07 Å². The molecule has 0 aliphatic carbocycles. The van der Waals surface area contributed by atoms with Crippen molar-refractivity contribution in [2.24, 2.45) is 0 Å². The Kier molecular flexibility index (Phi) is 7.34. The maximum Gasteiger partial charge on any atom is 0.207 e. The van der Waals surface area contributed by atoms with Crippen LogP contribution in [0.5, 0.6) is 0 Å². The Hall–Kier alpha value is -1.99. The minimum Gasteiger partial charge on any atom is -0.371 e. The molecule has 0 radical (unpaired) electrons. The van der Waals surface area contributed by atoms with E-state index < -0.39 is 0 Å². The van der Waals surface area contributed by atoms with Crippen LogP contribution in [0.4, 0.5) is 0 Å². The lowest BCUT2D eigenvalue weighted by Gasteiger charge is -2.14. The van der Waals surface area contributed by atoms with Gasteiger partial charge < -0.3 is 10.6 Å². The molecule has 0 bridgehead atoms. The van der Waals surface area contributed by atoms with Gasteiger partial charge in [0.2, 0.25) is 5.78 Å². The van der Waals surface area contributed by atoms with Crippen LogP contribution in [-0.2, 0) is 0 Å². The average molecular weight is 306 g/mol. The molecule has 0 aliphatic heterocycles. The van der Waals surface area contributed by atoms with Crippen LogP contribution in [0.2, 0.25) is 5.02 Å². The van der Waals surface area contributed by atoms with Crippen LogP contribution in [0.25, 0.3) is 0 Å². The number of nitrogens with one attached hydrogen (secondary N) is 2. The van der Waals surface area contributed by atoms with Crippen molar-refractivity contribution >= 4 is 17.4 Å². The van der Waals surface area contributed by atoms with Gasteiger partial charge in [0.15, 0.2) is 0 Å². The van der Waals surface area contributed by atoms with E-state index in [9.17, 15) is 10.1 Å². The molecule has 0 heterocycles. The van der Waals surface area contributed by atoms with Crippen molar-refractivity contribution < 1.29 is 4.79 Å². The number of nitrogens with zero attached hydrogens (tertiary/aromatic N) is 1. The fraction of sp³-hybridized carbons (Fsp3) is 0.375. The number of rotatable bonds is 8. The van der Waals surface area contributed by atoms with E-state index in [1.165, 1.54) is 0 Å². The molecule has 21 heavy (non-hydrogen) atoms. The van der Waals surface area contributed by atoms with Crippen LogP contribution in [-0.4, -0.2) is 18.9 Å². The summed E-state index contributed by atoms with van der Waals surface area (Å²) in [6.45, 7) is 5.45. The van der Waals surface area contributed by atoms with Gasteiger partial charge in [0.1, 0.15) is 17.5 Å². The van der Waals surface area contributed by atoms with Gasteiger partial charge in [0.05, 0.1) is 0 Å². The highest BCUT2D eigenvalue weighted by Gasteiger charge is 2.17. The van der Waals surface area contributed by atoms with Crippen LogP contribution in [0.3, 0.4) is 0 Å². The molecule has 0 aromatic heterocycles. The Bertz CT molecular complexity index is 534. The molecule has 0 atom stereocenters. The Morgan fingerprint density at radius 2 is 1.67 bits per heavy atom. The van der Waals surface area contributed by atoms with E-state index in [0.29, 0.717) is 29.5 Å². The zero-order valence-corrected chi connectivity index (χ0v) is 13.1. The predicted molar refractivity (Wildman–Crippen MR) is 85.0 cm³/mol. The summed E-state index contributed by atoms with van der Waals surface area (Å²) in [6, 6.07) is 8.54. The molecule has 1 rings (SSSR count). The van der Waals surface area contributed by atoms with Crippen molar-refractivity contribution in [2.75, 3.05) is 13.1 Å². The molecule has 0 saturated heterocycles. The van der Waals surface area contributed by atoms with Gasteiger partial charge >= 0.3 is 0 Å². The summed E-state index contributed by atoms with van der Waals surface area (Å²) < 4.78 is 0. The number of ketones is 1. The quantitative estimate of drug-likeness (QED) is 0.439. The molecule has 0 unspecified atom stereocenters. The number of carbonyl (C=O) groups is 1. The standard InChI is InChI=1S/C16H20ClN3O/c1-3-9-19-16(20-10-4-2)14(11-18)15(21)12-5-7-13(17)8-6-12/h5-8,19-20H,3-4,9-10H2,1-2H3. The van der Waals surface area contributed by atoms with Crippen molar-refractivity contribution in [1.82, 2.24) is 10.6 Å². The fourth-order valence-electron chi connectivity index (χ4n) is 1.71. The first-order valence-electron chi connectivity index (χ1n) is 7.06. The first kappa shape index (κ1) is 17.1. The Morgan fingerprint density at radius 3 is 2.10 bits per heavy atom. The number of benzene rings is 1. The third-order valence-corrected chi connectivity index (χ3v) is 3.05. The first-order chi connectivity index (χ1) is 10.1. The SMILES string of the molecule is CCCNC(NCCC)=C(C#N)C(=O)c1ccc(Cl)cc1. The second kappa shape index (κ2) is 9.04. The summed E-state index contributed by atoms with van der Waals surface area (Å²) in [5.74, 6) is 0.192. The summed E-state index contributed by atoms with van der Waals surface area (Å²) in [5, 5.41) is 16.1. The molecule has 1 aromatic carbocycles. The topological polar surface area (TPSA) is 64.9 Å². The molecule has 2 N–H and O–H groups in total. The summed E-state index contributed by atoms with van der Waals surface area (Å²) in [4.78, 5) is 12.5. The van der Waals surface area contributed by atoms with Crippen molar-refractivity contribution in [1.29, 1.82) is 5.26 Å². The van der Waals surface area contributed by atoms with Crippen LogP contribution >= 0.6 is 11.6 Å². The maximum atomic E-state index is 12.5. The Labute approximate surface area is 130 Å². The van der Waals surface area contributed by atoms with E-state index in [1.54, 1.807) is 24.3 Å². The zero-order valence-electron chi connectivity index (χ0n) is 12.4. The van der Waals surface area contributed by atoms with Crippen LogP contribution < -0.4 is 10.6 Å². The Balaban J connectivity index is 3.08. The van der Waals surface area contributed by atoms with Gasteiger partial charge in [-0.15, -0.1) is 0 Å². The zero-order chi connectivity index (χ0) is 15.7. The molecule has 1 aromatic rings. The molecular weight excluding hydrogens is 286 g/mol. The highest BCUT2D eigenvalue weighted by molar-refractivity contribution is 6.30. The van der Waals surface area contributed by atoms with Crippen molar-refractivity contribution in [3.63, 3.8) is 0 Å². The monoisotopic (exact) mass is 305 g/mol. The predicted octanol–water partition coefficient (Wildman–Crippen LogP) is 3.26. The molecular formula is C16H20ClN3O. The minimum absolute atomic E-state index is 0.0965. The van der Waals surface area contributed by atoms with Gasteiger partial charge in [-0.25, -0.2) is 0 Å². The molecule has 0 spiro atoms. The number of Topliss-reactive ketones (excluding diaryl/α,β-unsaturated/α-hetero) is 1. The molecule has 0 saturated carbocycles. The van der Waals surface area contributed by atoms with E-state index in [2.05, 4.69) is 10.6 Å². The molecule has 0 aliphatic rings. The largest absolute Gasteiger partial charge is 0.371 e. The number of hydrogen-bond donors (Lipinski definition) is 2. The first-order valence-corrected chi connectivity index (χ1v) is 7.44. The van der Waals surface area contributed by atoms with E-state index in [0.717, 1.165) is 12.8 Å². The molecule has 4 nitrogen and oxygen atoms in total. The van der Waals surface area contributed by atoms with Crippen molar-refractivity contribution in [2.45, 2.75) is 26.7 Å². The lowest BCUT2D eigenvalue weighted by molar-refractivity contribution is 0.103. The number of halogens is 1. The lowest BCUT2D eigenvalue weighted by Crippen LogP contribution is -2.30. The number of allylic oxidation sites excluding steroid dienone is 1. The fourth-order valence-corrected chi connectivity index (χ4v) is 1.83. The lowest BCUT2D eigenvalue weighted by atomic mass is 10.0. The molecule has 112 valence electrons. The third kappa shape index (κ3) is 5.13. The normalized spacial score (nSPS) is 9.62. The van der Waals surface area contributed by atoms with E-state index in [4.69, 9.17) is 11.6 Å². The number of nitriles is 1. The average Bonchev–Trinajstić information content (AvgIpc) is 2.50. The molecule has 5 heteroatoms. The molecule has 0 amide bonds. The van der Waals surface area contributed by atoms with Crippen LogP contribution in [0.15, 0.2) is 35.7 Å². The van der Waals surface area contributed by atoms with Gasteiger partial charge in [-0.3, -0.25) is 4.79 Å². The van der Waals surface area contributed by atoms with Crippen molar-refractivity contribution in [3.05, 3.63) is 46.2 Å². The highest BCUT2D eigenvalue weighted by atomic mass is 35.5. The second-order valence-electron chi connectivity index (χ2n) is 4.55. The van der Waals surface area contributed by atoms with Gasteiger partial charge in [-0.05, 0) is 37.1 Å². The third-order valence-electron chi connectivity index (χ3n) is 2.80. The van der Waals surface area contributed by atoms with Crippen LogP contribution in [0, 0.1) is 11.3 Å². The summed E-state index contributed by atoms with van der Waals surface area (Å²) in [7, 11) is 0. The summed E-state index contributed by atoms with van der Waals surface area (Å²) in [5.41, 5.74) is 0.546. The smallest absolute Gasteiger partial charge is 0.207 e. The van der Waals surface area contributed by atoms with E-state index in [-0.39, 0.29) is 11.4 Å². The van der Waals surface area contributed by atoms with Gasteiger partial charge in [-0.2, -0.15) is 5.26 Å². The summed E-state index contributed by atoms with van der Waals surface area (Å²) in [6.07, 6.45) is 1.82. The Morgan fingerprint density at radius 1 is 1.14 bits per heavy atom. The van der Waals surface area contributed by atoms with Gasteiger partial charge in [0, 0.05) is 23.7 Å². The molecule has 0 fully saturated rings. The van der Waals surface area contributed by atoms with E-state index in [1.807, 2.05) is 19.9 Å². The summed E-state index contributed by atoms with van der Waals surface area (Å²) >= 11 is 5.82. The van der Waals surface area contributed by atoms with Crippen LogP contribution in [0.1, 0.15) is 37.0 Å². The highest BCUT2D eigenvalue weighted by Crippen LogP contribution is 2.14. The van der Waals surface area contributed by atoms with Gasteiger partial charge in [0.25, 0.3) is 0 Å². The maximum absolute atomic E-state index is 12.5.